The van der Waals surface area contributed by atoms with Crippen molar-refractivity contribution in [2.75, 3.05) is 20.1 Å². The minimum Gasteiger partial charge on any atom is -0.493 e. The van der Waals surface area contributed by atoms with Gasteiger partial charge in [0.25, 0.3) is 0 Å². The number of methoxy groups -OCH3 is 2. The lowest BCUT2D eigenvalue weighted by atomic mass is 10.2. The molecule has 3 aromatic rings. The number of nitrogens with two attached hydrogens (primary N) is 1. The Bertz CT molecular complexity index is 879. The second-order valence-electron chi connectivity index (χ2n) is 5.52. The van der Waals surface area contributed by atoms with Gasteiger partial charge in [-0.15, -0.1) is 10.2 Å². The van der Waals surface area contributed by atoms with Gasteiger partial charge in [-0.1, -0.05) is 41.6 Å². The van der Waals surface area contributed by atoms with Gasteiger partial charge in [-0.25, -0.2) is 4.68 Å². The molecule has 0 saturated carbocycles. The maximum absolute atomic E-state index is 6.19. The summed E-state index contributed by atoms with van der Waals surface area (Å²) < 4.78 is 12.1. The van der Waals surface area contributed by atoms with E-state index in [4.69, 9.17) is 15.3 Å². The summed E-state index contributed by atoms with van der Waals surface area (Å²) in [4.78, 5) is 0. The average molecular weight is 356 g/mol. The van der Waals surface area contributed by atoms with Crippen LogP contribution < -0.4 is 15.3 Å². The fourth-order valence-corrected chi connectivity index (χ4v) is 3.30. The molecule has 0 aliphatic rings. The summed E-state index contributed by atoms with van der Waals surface area (Å²) >= 11 is 1.55. The molecule has 1 aromatic heterocycles. The van der Waals surface area contributed by atoms with Crippen LogP contribution in [0.4, 0.5) is 0 Å². The molecule has 0 radical (unpaired) electrons. The fraction of sp³-hybridized carbons (Fsp3) is 0.222. The second-order valence-corrected chi connectivity index (χ2v) is 6.47. The van der Waals surface area contributed by atoms with Crippen LogP contribution in [-0.4, -0.2) is 29.1 Å². The van der Waals surface area contributed by atoms with Gasteiger partial charge in [0.05, 0.1) is 14.2 Å². The van der Waals surface area contributed by atoms with E-state index >= 15 is 0 Å². The Morgan fingerprint density at radius 2 is 1.84 bits per heavy atom. The molecule has 0 atom stereocenters. The first-order valence-electron chi connectivity index (χ1n) is 7.73. The predicted molar refractivity (Wildman–Crippen MR) is 99.5 cm³/mol. The number of benzene rings is 2. The third kappa shape index (κ3) is 3.71. The van der Waals surface area contributed by atoms with Gasteiger partial charge in [0.1, 0.15) is 0 Å². The molecule has 25 heavy (non-hydrogen) atoms. The molecule has 0 saturated heterocycles. The van der Waals surface area contributed by atoms with Gasteiger partial charge in [0.15, 0.2) is 17.3 Å². The van der Waals surface area contributed by atoms with Crippen LogP contribution in [0.25, 0.3) is 11.4 Å². The molecule has 7 heteroatoms. The number of hydrogen-bond donors (Lipinski definition) is 1. The highest BCUT2D eigenvalue weighted by Gasteiger charge is 2.14. The molecule has 0 aliphatic heterocycles. The van der Waals surface area contributed by atoms with E-state index in [0.29, 0.717) is 22.5 Å². The molecule has 0 fully saturated rings. The summed E-state index contributed by atoms with van der Waals surface area (Å²) in [5.74, 6) is 8.83. The Morgan fingerprint density at radius 3 is 2.56 bits per heavy atom. The van der Waals surface area contributed by atoms with Gasteiger partial charge in [0.2, 0.25) is 5.16 Å². The van der Waals surface area contributed by atoms with Crippen LogP contribution in [0, 0.1) is 6.92 Å². The van der Waals surface area contributed by atoms with Gasteiger partial charge >= 0.3 is 0 Å². The highest BCUT2D eigenvalue weighted by Crippen LogP contribution is 2.32. The molecule has 0 aliphatic carbocycles. The lowest BCUT2D eigenvalue weighted by molar-refractivity contribution is 0.355. The highest BCUT2D eigenvalue weighted by atomic mass is 32.2. The Balaban J connectivity index is 1.81. The summed E-state index contributed by atoms with van der Waals surface area (Å²) in [5, 5.41) is 9.08. The van der Waals surface area contributed by atoms with Crippen molar-refractivity contribution < 1.29 is 9.47 Å². The first-order valence-corrected chi connectivity index (χ1v) is 8.72. The topological polar surface area (TPSA) is 75.2 Å². The smallest absolute Gasteiger partial charge is 0.210 e. The molecule has 2 aromatic carbocycles. The zero-order valence-electron chi connectivity index (χ0n) is 14.4. The lowest BCUT2D eigenvalue weighted by Gasteiger charge is -2.09. The molecule has 0 amide bonds. The van der Waals surface area contributed by atoms with Crippen LogP contribution in [-0.2, 0) is 5.75 Å². The third-order valence-corrected chi connectivity index (χ3v) is 4.77. The van der Waals surface area contributed by atoms with E-state index in [2.05, 4.69) is 35.3 Å². The number of nitrogen functional groups attached to an aromatic ring is 1. The van der Waals surface area contributed by atoms with E-state index in [-0.39, 0.29) is 0 Å². The van der Waals surface area contributed by atoms with E-state index in [9.17, 15) is 0 Å². The molecular formula is C18H20N4O2S. The van der Waals surface area contributed by atoms with Crippen LogP contribution in [0.15, 0.2) is 47.6 Å². The molecule has 0 spiro atoms. The van der Waals surface area contributed by atoms with E-state index in [1.165, 1.54) is 15.8 Å². The van der Waals surface area contributed by atoms with Crippen molar-refractivity contribution in [2.24, 2.45) is 0 Å². The Labute approximate surface area is 150 Å². The van der Waals surface area contributed by atoms with E-state index < -0.39 is 0 Å². The normalized spacial score (nSPS) is 10.7. The Kier molecular flexibility index (Phi) is 5.14. The van der Waals surface area contributed by atoms with Gasteiger partial charge in [-0.05, 0) is 30.7 Å². The van der Waals surface area contributed by atoms with Crippen molar-refractivity contribution in [2.45, 2.75) is 17.8 Å². The molecule has 3 rings (SSSR count). The van der Waals surface area contributed by atoms with Crippen molar-refractivity contribution in [1.29, 1.82) is 0 Å². The van der Waals surface area contributed by atoms with Crippen LogP contribution in [0.3, 0.4) is 0 Å². The van der Waals surface area contributed by atoms with Gasteiger partial charge in [-0.2, -0.15) is 0 Å². The quantitative estimate of drug-likeness (QED) is 0.540. The standard InChI is InChI=1S/C18H20N4O2S/c1-12-5-4-6-13(9-12)11-25-18-21-20-17(22(18)19)14-7-8-15(23-2)16(10-14)24-3/h4-10H,11,19H2,1-3H3. The summed E-state index contributed by atoms with van der Waals surface area (Å²) in [6.45, 7) is 2.08. The van der Waals surface area contributed by atoms with Gasteiger partial charge in [-0.3, -0.25) is 0 Å². The van der Waals surface area contributed by atoms with E-state index in [1.54, 1.807) is 26.0 Å². The zero-order chi connectivity index (χ0) is 17.8. The molecular weight excluding hydrogens is 336 g/mol. The highest BCUT2D eigenvalue weighted by molar-refractivity contribution is 7.98. The van der Waals surface area contributed by atoms with Gasteiger partial charge < -0.3 is 15.3 Å². The Morgan fingerprint density at radius 1 is 1.04 bits per heavy atom. The minimum absolute atomic E-state index is 0.577. The average Bonchev–Trinajstić information content (AvgIpc) is 3.00. The molecule has 2 N–H and O–H groups in total. The largest absolute Gasteiger partial charge is 0.493 e. The molecule has 0 bridgehead atoms. The predicted octanol–water partition coefficient (Wildman–Crippen LogP) is 3.28. The van der Waals surface area contributed by atoms with Crippen molar-refractivity contribution >= 4 is 11.8 Å². The van der Waals surface area contributed by atoms with Crippen LogP contribution in [0.2, 0.25) is 0 Å². The number of hydrogen-bond acceptors (Lipinski definition) is 6. The molecule has 0 unspecified atom stereocenters. The third-order valence-electron chi connectivity index (χ3n) is 3.76. The summed E-state index contributed by atoms with van der Waals surface area (Å²) in [6, 6.07) is 13.9. The number of ether oxygens (including phenoxy) is 2. The summed E-state index contributed by atoms with van der Waals surface area (Å²) in [7, 11) is 3.20. The van der Waals surface area contributed by atoms with Crippen LogP contribution >= 0.6 is 11.8 Å². The van der Waals surface area contributed by atoms with Gasteiger partial charge in [0, 0.05) is 11.3 Å². The molecule has 1 heterocycles. The monoisotopic (exact) mass is 356 g/mol. The summed E-state index contributed by atoms with van der Waals surface area (Å²) in [6.07, 6.45) is 0. The number of aryl methyl sites for hydroxylation is 1. The minimum atomic E-state index is 0.577. The van der Waals surface area contributed by atoms with Crippen molar-refractivity contribution in [3.05, 3.63) is 53.6 Å². The second kappa shape index (κ2) is 7.48. The van der Waals surface area contributed by atoms with E-state index in [1.807, 2.05) is 24.3 Å². The van der Waals surface area contributed by atoms with Crippen LogP contribution in [0.5, 0.6) is 11.5 Å². The maximum Gasteiger partial charge on any atom is 0.210 e. The zero-order valence-corrected chi connectivity index (χ0v) is 15.2. The van der Waals surface area contributed by atoms with Crippen molar-refractivity contribution in [3.8, 4) is 22.9 Å². The van der Waals surface area contributed by atoms with Crippen molar-refractivity contribution in [3.63, 3.8) is 0 Å². The van der Waals surface area contributed by atoms with Crippen LogP contribution in [0.1, 0.15) is 11.1 Å². The number of thioether (sulfide) groups is 1. The maximum atomic E-state index is 6.19. The first-order chi connectivity index (χ1) is 12.1. The first kappa shape index (κ1) is 17.2. The molecule has 130 valence electrons. The number of aromatic nitrogens is 3. The number of nitrogens with zero attached hydrogens (tertiary/aromatic N) is 3. The van der Waals surface area contributed by atoms with Crippen molar-refractivity contribution in [1.82, 2.24) is 14.9 Å². The SMILES string of the molecule is COc1ccc(-c2nnc(SCc3cccc(C)c3)n2N)cc1OC. The lowest BCUT2D eigenvalue weighted by Crippen LogP contribution is -2.11. The number of rotatable bonds is 6. The fourth-order valence-electron chi connectivity index (χ4n) is 2.50. The Hall–Kier alpha value is -2.67. The van der Waals surface area contributed by atoms with E-state index in [0.717, 1.165) is 11.3 Å². The molecule has 6 nitrogen and oxygen atoms in total. The summed E-state index contributed by atoms with van der Waals surface area (Å²) in [5.41, 5.74) is 3.27.